The summed E-state index contributed by atoms with van der Waals surface area (Å²) in [5, 5.41) is 6.45. The highest BCUT2D eigenvalue weighted by atomic mass is 16.1. The molecule has 20 heavy (non-hydrogen) atoms. The van der Waals surface area contributed by atoms with Crippen molar-refractivity contribution in [3.05, 3.63) is 35.4 Å². The summed E-state index contributed by atoms with van der Waals surface area (Å²) in [6, 6.07) is 8.85. The van der Waals surface area contributed by atoms with Gasteiger partial charge in [0.05, 0.1) is 6.42 Å². The molecular weight excluding hydrogens is 248 g/mol. The smallest absolute Gasteiger partial charge is 0.224 e. The monoisotopic (exact) mass is 274 g/mol. The van der Waals surface area contributed by atoms with Crippen molar-refractivity contribution in [1.29, 1.82) is 0 Å². The van der Waals surface area contributed by atoms with Gasteiger partial charge in [-0.2, -0.15) is 0 Å². The first-order valence-corrected chi connectivity index (χ1v) is 7.86. The Kier molecular flexibility index (Phi) is 6.06. The van der Waals surface area contributed by atoms with E-state index in [-0.39, 0.29) is 5.91 Å². The Labute approximate surface area is 122 Å². The van der Waals surface area contributed by atoms with E-state index in [2.05, 4.69) is 41.8 Å². The van der Waals surface area contributed by atoms with Gasteiger partial charge < -0.3 is 10.6 Å². The van der Waals surface area contributed by atoms with Crippen LogP contribution in [0.5, 0.6) is 0 Å². The molecule has 1 fully saturated rings. The standard InChI is InChI=1S/C17H26N2O/c1-2-3-4-14-5-7-15(8-6-14)13-17(20)19-16-9-11-18-12-10-16/h5-8,16,18H,2-4,9-13H2,1H3,(H,19,20). The van der Waals surface area contributed by atoms with Crippen LogP contribution in [0.2, 0.25) is 0 Å². The van der Waals surface area contributed by atoms with Crippen molar-refractivity contribution in [3.63, 3.8) is 0 Å². The molecule has 0 unspecified atom stereocenters. The number of unbranched alkanes of at least 4 members (excludes halogenated alkanes) is 1. The van der Waals surface area contributed by atoms with Crippen molar-refractivity contribution < 1.29 is 4.79 Å². The van der Waals surface area contributed by atoms with E-state index in [1.54, 1.807) is 0 Å². The third-order valence-corrected chi connectivity index (χ3v) is 3.91. The van der Waals surface area contributed by atoms with E-state index in [1.807, 2.05) is 0 Å². The average Bonchev–Trinajstić information content (AvgIpc) is 2.47. The summed E-state index contributed by atoms with van der Waals surface area (Å²) in [7, 11) is 0. The number of hydrogen-bond donors (Lipinski definition) is 2. The van der Waals surface area contributed by atoms with Gasteiger partial charge in [0.25, 0.3) is 0 Å². The lowest BCUT2D eigenvalue weighted by atomic mass is 10.0. The van der Waals surface area contributed by atoms with Gasteiger partial charge in [0.15, 0.2) is 0 Å². The van der Waals surface area contributed by atoms with Gasteiger partial charge in [0.2, 0.25) is 5.91 Å². The molecule has 2 N–H and O–H groups in total. The first kappa shape index (κ1) is 15.0. The molecular formula is C17H26N2O. The lowest BCUT2D eigenvalue weighted by Crippen LogP contribution is -2.43. The molecule has 3 heteroatoms. The predicted octanol–water partition coefficient (Wildman–Crippen LogP) is 2.44. The third-order valence-electron chi connectivity index (χ3n) is 3.91. The summed E-state index contributed by atoms with van der Waals surface area (Å²) < 4.78 is 0. The van der Waals surface area contributed by atoms with Gasteiger partial charge in [-0.15, -0.1) is 0 Å². The van der Waals surface area contributed by atoms with Gasteiger partial charge in [0, 0.05) is 6.04 Å². The Hall–Kier alpha value is -1.35. The fraction of sp³-hybridized carbons (Fsp3) is 0.588. The number of carbonyl (C=O) groups excluding carboxylic acids is 1. The summed E-state index contributed by atoms with van der Waals surface area (Å²) in [4.78, 5) is 12.0. The van der Waals surface area contributed by atoms with E-state index < -0.39 is 0 Å². The number of amides is 1. The van der Waals surface area contributed by atoms with E-state index in [4.69, 9.17) is 0 Å². The second kappa shape index (κ2) is 8.05. The van der Waals surface area contributed by atoms with Crippen LogP contribution in [0, 0.1) is 0 Å². The number of benzene rings is 1. The maximum absolute atomic E-state index is 12.0. The molecule has 0 aromatic heterocycles. The van der Waals surface area contributed by atoms with Crippen LogP contribution in [0.15, 0.2) is 24.3 Å². The summed E-state index contributed by atoms with van der Waals surface area (Å²) in [6.45, 7) is 4.23. The van der Waals surface area contributed by atoms with Gasteiger partial charge in [-0.3, -0.25) is 4.79 Å². The molecule has 3 nitrogen and oxygen atoms in total. The van der Waals surface area contributed by atoms with Crippen LogP contribution >= 0.6 is 0 Å². The first-order chi connectivity index (χ1) is 9.78. The zero-order valence-electron chi connectivity index (χ0n) is 12.5. The molecule has 0 radical (unpaired) electrons. The number of piperidine rings is 1. The Bertz CT molecular complexity index is 408. The van der Waals surface area contributed by atoms with Gasteiger partial charge in [0.1, 0.15) is 0 Å². The molecule has 1 saturated heterocycles. The number of aryl methyl sites for hydroxylation is 1. The molecule has 0 atom stereocenters. The van der Waals surface area contributed by atoms with Crippen LogP contribution < -0.4 is 10.6 Å². The molecule has 0 aliphatic carbocycles. The molecule has 1 aromatic carbocycles. The second-order valence-corrected chi connectivity index (χ2v) is 5.69. The fourth-order valence-corrected chi connectivity index (χ4v) is 2.64. The number of hydrogen-bond acceptors (Lipinski definition) is 2. The second-order valence-electron chi connectivity index (χ2n) is 5.69. The van der Waals surface area contributed by atoms with Gasteiger partial charge in [-0.05, 0) is 49.9 Å². The van der Waals surface area contributed by atoms with Crippen molar-refractivity contribution in [1.82, 2.24) is 10.6 Å². The van der Waals surface area contributed by atoms with Crippen molar-refractivity contribution in [2.75, 3.05) is 13.1 Å². The third kappa shape index (κ3) is 4.97. The highest BCUT2D eigenvalue weighted by Crippen LogP contribution is 2.09. The van der Waals surface area contributed by atoms with Crippen molar-refractivity contribution in [3.8, 4) is 0 Å². The number of nitrogens with one attached hydrogen (secondary N) is 2. The van der Waals surface area contributed by atoms with Crippen LogP contribution in [0.25, 0.3) is 0 Å². The van der Waals surface area contributed by atoms with Gasteiger partial charge >= 0.3 is 0 Å². The Morgan fingerprint density at radius 2 is 1.85 bits per heavy atom. The van der Waals surface area contributed by atoms with E-state index in [0.29, 0.717) is 12.5 Å². The van der Waals surface area contributed by atoms with Crippen LogP contribution in [-0.4, -0.2) is 25.0 Å². The topological polar surface area (TPSA) is 41.1 Å². The molecule has 110 valence electrons. The van der Waals surface area contributed by atoms with Crippen LogP contribution in [0.4, 0.5) is 0 Å². The maximum Gasteiger partial charge on any atom is 0.224 e. The Morgan fingerprint density at radius 1 is 1.20 bits per heavy atom. The molecule has 1 aliphatic heterocycles. The molecule has 0 spiro atoms. The molecule has 1 aromatic rings. The minimum Gasteiger partial charge on any atom is -0.353 e. The maximum atomic E-state index is 12.0. The van der Waals surface area contributed by atoms with Gasteiger partial charge in [-0.25, -0.2) is 0 Å². The molecule has 0 saturated carbocycles. The highest BCUT2D eigenvalue weighted by molar-refractivity contribution is 5.78. The minimum atomic E-state index is 0.151. The highest BCUT2D eigenvalue weighted by Gasteiger charge is 2.15. The fourth-order valence-electron chi connectivity index (χ4n) is 2.64. The Balaban J connectivity index is 1.78. The SMILES string of the molecule is CCCCc1ccc(CC(=O)NC2CCNCC2)cc1. The quantitative estimate of drug-likeness (QED) is 0.836. The largest absolute Gasteiger partial charge is 0.353 e. The zero-order chi connectivity index (χ0) is 14.2. The van der Waals surface area contributed by atoms with Crippen molar-refractivity contribution >= 4 is 5.91 Å². The summed E-state index contributed by atoms with van der Waals surface area (Å²) in [5.41, 5.74) is 2.48. The lowest BCUT2D eigenvalue weighted by Gasteiger charge is -2.23. The van der Waals surface area contributed by atoms with Crippen LogP contribution in [0.1, 0.15) is 43.7 Å². The van der Waals surface area contributed by atoms with Crippen LogP contribution in [-0.2, 0) is 17.6 Å². The van der Waals surface area contributed by atoms with Crippen molar-refractivity contribution in [2.45, 2.75) is 51.5 Å². The Morgan fingerprint density at radius 3 is 2.50 bits per heavy atom. The normalized spacial score (nSPS) is 16.1. The summed E-state index contributed by atoms with van der Waals surface area (Å²) in [6.07, 6.45) is 6.18. The van der Waals surface area contributed by atoms with E-state index >= 15 is 0 Å². The minimum absolute atomic E-state index is 0.151. The van der Waals surface area contributed by atoms with Crippen molar-refractivity contribution in [2.24, 2.45) is 0 Å². The molecule has 0 bridgehead atoms. The molecule has 1 amide bonds. The summed E-state index contributed by atoms with van der Waals surface area (Å²) >= 11 is 0. The molecule has 2 rings (SSSR count). The van der Waals surface area contributed by atoms with E-state index in [0.717, 1.165) is 37.9 Å². The number of rotatable bonds is 6. The summed E-state index contributed by atoms with van der Waals surface area (Å²) in [5.74, 6) is 0.151. The van der Waals surface area contributed by atoms with Crippen LogP contribution in [0.3, 0.4) is 0 Å². The molecule has 1 aliphatic rings. The lowest BCUT2D eigenvalue weighted by molar-refractivity contribution is -0.121. The first-order valence-electron chi connectivity index (χ1n) is 7.86. The average molecular weight is 274 g/mol. The van der Waals surface area contributed by atoms with Gasteiger partial charge in [-0.1, -0.05) is 37.6 Å². The zero-order valence-corrected chi connectivity index (χ0v) is 12.5. The predicted molar refractivity (Wildman–Crippen MR) is 82.8 cm³/mol. The van der Waals surface area contributed by atoms with E-state index in [1.165, 1.54) is 18.4 Å². The molecule has 1 heterocycles. The number of carbonyl (C=O) groups is 1. The van der Waals surface area contributed by atoms with E-state index in [9.17, 15) is 4.79 Å².